The van der Waals surface area contributed by atoms with E-state index in [0.717, 1.165) is 22.3 Å². The molecule has 4 aromatic rings. The Hall–Kier alpha value is -3.92. The molecule has 0 atom stereocenters. The van der Waals surface area contributed by atoms with Crippen LogP contribution >= 0.6 is 0 Å². The molecule has 204 valence electrons. The molecule has 4 N–H and O–H groups in total. The smallest absolute Gasteiger partial charge is 0.115 e. The number of hydrogen-bond acceptors (Lipinski definition) is 4. The molecule has 4 heteroatoms. The molecule has 0 aliphatic rings. The minimum absolute atomic E-state index is 0.151. The Morgan fingerprint density at radius 2 is 0.447 bits per heavy atom. The van der Waals surface area contributed by atoms with E-state index in [9.17, 15) is 20.4 Å². The molecule has 0 aliphatic carbocycles. The van der Waals surface area contributed by atoms with Crippen molar-refractivity contribution < 1.29 is 20.4 Å². The van der Waals surface area contributed by atoms with Crippen LogP contribution in [0.15, 0.2) is 97.1 Å². The summed E-state index contributed by atoms with van der Waals surface area (Å²) in [6, 6.07) is 28.9. The fraction of sp³-hybridized carbons (Fsp3) is 0.294. The monoisotopic (exact) mass is 516 g/mol. The second-order valence-electron chi connectivity index (χ2n) is 9.44. The maximum Gasteiger partial charge on any atom is 0.115 e. The molecule has 0 unspecified atom stereocenters. The highest BCUT2D eigenvalue weighted by atomic mass is 16.3. The summed E-state index contributed by atoms with van der Waals surface area (Å²) >= 11 is 0. The van der Waals surface area contributed by atoms with E-state index >= 15 is 0 Å². The third-order valence-corrected chi connectivity index (χ3v) is 6.36. The fourth-order valence-corrected chi connectivity index (χ4v) is 3.85. The van der Waals surface area contributed by atoms with Crippen LogP contribution in [-0.2, 0) is 10.8 Å². The number of hydrogen-bond donors (Lipinski definition) is 4. The normalized spacial score (nSPS) is 10.5. The number of phenolic OH excluding ortho intramolecular Hbond substituents is 4. The van der Waals surface area contributed by atoms with Crippen LogP contribution in [0.3, 0.4) is 0 Å². The molecule has 0 aromatic heterocycles. The van der Waals surface area contributed by atoms with Gasteiger partial charge in [0.15, 0.2) is 0 Å². The Bertz CT molecular complexity index is 996. The maximum absolute atomic E-state index is 9.30. The Kier molecular flexibility index (Phi) is 12.4. The van der Waals surface area contributed by atoms with Crippen LogP contribution < -0.4 is 0 Å². The molecule has 0 bridgehead atoms. The van der Waals surface area contributed by atoms with Crippen LogP contribution in [0.1, 0.15) is 77.6 Å². The van der Waals surface area contributed by atoms with Crippen LogP contribution in [0.4, 0.5) is 0 Å². The molecule has 0 fully saturated rings. The Morgan fingerprint density at radius 1 is 0.316 bits per heavy atom. The summed E-state index contributed by atoms with van der Waals surface area (Å²) in [6.07, 6.45) is 0. The highest BCUT2D eigenvalue weighted by molar-refractivity contribution is 5.42. The van der Waals surface area contributed by atoms with Crippen LogP contribution in [0.2, 0.25) is 0 Å². The minimum atomic E-state index is -0.151. The summed E-state index contributed by atoms with van der Waals surface area (Å²) < 4.78 is 0. The Labute approximate surface area is 228 Å². The second kappa shape index (κ2) is 14.7. The molecule has 0 heterocycles. The van der Waals surface area contributed by atoms with Gasteiger partial charge in [0, 0.05) is 10.8 Å². The van der Waals surface area contributed by atoms with Gasteiger partial charge in [-0.2, -0.15) is 0 Å². The first-order chi connectivity index (χ1) is 18.0. The van der Waals surface area contributed by atoms with Gasteiger partial charge in [-0.1, -0.05) is 104 Å². The van der Waals surface area contributed by atoms with Crippen molar-refractivity contribution in [3.05, 3.63) is 119 Å². The molecule has 0 aliphatic heterocycles. The summed E-state index contributed by atoms with van der Waals surface area (Å²) in [5.74, 6) is 1.09. The van der Waals surface area contributed by atoms with Gasteiger partial charge in [0.05, 0.1) is 0 Å². The Morgan fingerprint density at radius 3 is 0.579 bits per heavy atom. The lowest BCUT2D eigenvalue weighted by molar-refractivity contribution is 0.473. The lowest BCUT2D eigenvalue weighted by atomic mass is 9.78. The largest absolute Gasteiger partial charge is 0.508 e. The van der Waals surface area contributed by atoms with Crippen molar-refractivity contribution in [1.29, 1.82) is 0 Å². The predicted octanol–water partition coefficient (Wildman–Crippen LogP) is 8.90. The molecule has 0 spiro atoms. The average Bonchev–Trinajstić information content (AvgIpc) is 2.92. The molecule has 0 saturated carbocycles. The van der Waals surface area contributed by atoms with Crippen molar-refractivity contribution in [3.8, 4) is 23.0 Å². The minimum Gasteiger partial charge on any atom is -0.508 e. The van der Waals surface area contributed by atoms with Crippen LogP contribution in [0.25, 0.3) is 0 Å². The van der Waals surface area contributed by atoms with Gasteiger partial charge < -0.3 is 20.4 Å². The van der Waals surface area contributed by atoms with E-state index in [2.05, 4.69) is 27.7 Å². The molecule has 4 rings (SSSR count). The van der Waals surface area contributed by atoms with Crippen molar-refractivity contribution >= 4 is 0 Å². The van der Waals surface area contributed by atoms with Crippen molar-refractivity contribution in [2.45, 2.75) is 66.2 Å². The van der Waals surface area contributed by atoms with Crippen LogP contribution in [0, 0.1) is 0 Å². The number of benzene rings is 4. The summed E-state index contributed by atoms with van der Waals surface area (Å²) in [6.45, 7) is 16.5. The molecule has 0 saturated heterocycles. The third kappa shape index (κ3) is 8.58. The molecule has 4 aromatic carbocycles. The zero-order chi connectivity index (χ0) is 28.9. The summed E-state index contributed by atoms with van der Waals surface area (Å²) in [7, 11) is 0. The first-order valence-corrected chi connectivity index (χ1v) is 13.2. The van der Waals surface area contributed by atoms with Crippen molar-refractivity contribution in [2.24, 2.45) is 0 Å². The topological polar surface area (TPSA) is 80.9 Å². The van der Waals surface area contributed by atoms with Gasteiger partial charge in [-0.15, -0.1) is 0 Å². The quantitative estimate of drug-likeness (QED) is 0.218. The molecular formula is C34H44O4. The van der Waals surface area contributed by atoms with Gasteiger partial charge in [0.1, 0.15) is 23.0 Å². The fourth-order valence-electron chi connectivity index (χ4n) is 3.85. The number of rotatable bonds is 4. The van der Waals surface area contributed by atoms with E-state index in [0.29, 0.717) is 0 Å². The Balaban J connectivity index is 0.000000336. The first-order valence-electron chi connectivity index (χ1n) is 13.2. The lowest BCUT2D eigenvalue weighted by Crippen LogP contribution is -2.18. The van der Waals surface area contributed by atoms with E-state index in [-0.39, 0.29) is 33.8 Å². The van der Waals surface area contributed by atoms with Gasteiger partial charge in [0.25, 0.3) is 0 Å². The van der Waals surface area contributed by atoms with E-state index in [1.165, 1.54) is 0 Å². The summed E-state index contributed by atoms with van der Waals surface area (Å²) in [4.78, 5) is 0. The summed E-state index contributed by atoms with van der Waals surface area (Å²) in [5.41, 5.74) is 4.20. The van der Waals surface area contributed by atoms with Crippen LogP contribution in [0.5, 0.6) is 23.0 Å². The summed E-state index contributed by atoms with van der Waals surface area (Å²) in [5, 5.41) is 37.2. The van der Waals surface area contributed by atoms with E-state index in [1.807, 2.05) is 76.2 Å². The molecule has 38 heavy (non-hydrogen) atoms. The van der Waals surface area contributed by atoms with Gasteiger partial charge in [-0.3, -0.25) is 0 Å². The molecule has 0 radical (unpaired) electrons. The molecular weight excluding hydrogens is 472 g/mol. The van der Waals surface area contributed by atoms with Gasteiger partial charge >= 0.3 is 0 Å². The number of aromatic hydroxyl groups is 4. The predicted molar refractivity (Wildman–Crippen MR) is 159 cm³/mol. The van der Waals surface area contributed by atoms with E-state index in [1.54, 1.807) is 48.5 Å². The van der Waals surface area contributed by atoms with E-state index in [4.69, 9.17) is 0 Å². The third-order valence-electron chi connectivity index (χ3n) is 6.36. The number of phenols is 4. The van der Waals surface area contributed by atoms with Gasteiger partial charge in [-0.25, -0.2) is 0 Å². The second-order valence-corrected chi connectivity index (χ2v) is 9.44. The van der Waals surface area contributed by atoms with Crippen molar-refractivity contribution in [1.82, 2.24) is 0 Å². The molecule has 0 amide bonds. The maximum atomic E-state index is 9.30. The highest BCUT2D eigenvalue weighted by Gasteiger charge is 2.23. The zero-order valence-electron chi connectivity index (χ0n) is 24.0. The lowest BCUT2D eigenvalue weighted by Gasteiger charge is -2.26. The van der Waals surface area contributed by atoms with Crippen molar-refractivity contribution in [3.63, 3.8) is 0 Å². The SMILES string of the molecule is CC.CC.CC(C)(c1ccc(O)cc1)c1ccc(O)cc1.CC(C)(c1ccc(O)cc1)c1ccc(O)cc1. The van der Waals surface area contributed by atoms with Crippen LogP contribution in [-0.4, -0.2) is 20.4 Å². The van der Waals surface area contributed by atoms with Crippen molar-refractivity contribution in [2.75, 3.05) is 0 Å². The van der Waals surface area contributed by atoms with Gasteiger partial charge in [0.2, 0.25) is 0 Å². The van der Waals surface area contributed by atoms with E-state index < -0.39 is 0 Å². The zero-order valence-corrected chi connectivity index (χ0v) is 24.0. The highest BCUT2D eigenvalue weighted by Crippen LogP contribution is 2.34. The first kappa shape index (κ1) is 32.1. The standard InChI is InChI=1S/2C15H16O2.2C2H6/c2*1-15(2,11-3-7-13(16)8-4-11)12-5-9-14(17)10-6-12;2*1-2/h2*3-10,16-17H,1-2H3;2*1-2H3. The van der Waals surface area contributed by atoms with Gasteiger partial charge in [-0.05, 0) is 70.8 Å². The molecule has 4 nitrogen and oxygen atoms in total. The average molecular weight is 517 g/mol.